The van der Waals surface area contributed by atoms with Crippen molar-refractivity contribution in [1.29, 1.82) is 0 Å². The van der Waals surface area contributed by atoms with Gasteiger partial charge in [-0.2, -0.15) is 0 Å². The van der Waals surface area contributed by atoms with Gasteiger partial charge in [0.05, 0.1) is 18.8 Å². The Labute approximate surface area is 354 Å². The van der Waals surface area contributed by atoms with Crippen molar-refractivity contribution in [3.05, 3.63) is 85.1 Å². The molecule has 0 aromatic rings. The number of amides is 1. The van der Waals surface area contributed by atoms with Crippen LogP contribution in [0.2, 0.25) is 0 Å². The second kappa shape index (κ2) is 47.9. The van der Waals surface area contributed by atoms with Crippen LogP contribution in [0.15, 0.2) is 85.1 Å². The molecule has 2 unspecified atom stereocenters. The number of allylic oxidation sites excluding steroid dienone is 13. The highest BCUT2D eigenvalue weighted by atomic mass is 16.3. The fourth-order valence-corrected chi connectivity index (χ4v) is 6.91. The van der Waals surface area contributed by atoms with E-state index in [1.54, 1.807) is 6.08 Å². The summed E-state index contributed by atoms with van der Waals surface area (Å²) in [6.07, 6.45) is 70.0. The molecule has 0 aliphatic rings. The van der Waals surface area contributed by atoms with Gasteiger partial charge in [0.1, 0.15) is 0 Å². The van der Waals surface area contributed by atoms with Gasteiger partial charge in [-0.3, -0.25) is 4.79 Å². The molecular formula is C53H93NO3. The summed E-state index contributed by atoms with van der Waals surface area (Å²) in [6, 6.07) is -0.647. The lowest BCUT2D eigenvalue weighted by atomic mass is 10.0. The molecule has 0 fully saturated rings. The monoisotopic (exact) mass is 792 g/mol. The number of hydrogen-bond acceptors (Lipinski definition) is 3. The molecule has 0 aromatic carbocycles. The van der Waals surface area contributed by atoms with Crippen LogP contribution in [-0.4, -0.2) is 34.9 Å². The van der Waals surface area contributed by atoms with Gasteiger partial charge in [0.25, 0.3) is 0 Å². The summed E-state index contributed by atoms with van der Waals surface area (Å²) in [6.45, 7) is 4.15. The molecule has 328 valence electrons. The summed E-state index contributed by atoms with van der Waals surface area (Å²) in [5.41, 5.74) is 0. The third-order valence-corrected chi connectivity index (χ3v) is 10.6. The number of carbonyl (C=O) groups excluding carboxylic acids is 1. The van der Waals surface area contributed by atoms with Crippen molar-refractivity contribution in [3.8, 4) is 0 Å². The lowest BCUT2D eigenvalue weighted by Gasteiger charge is -2.19. The Balaban J connectivity index is 3.53. The summed E-state index contributed by atoms with van der Waals surface area (Å²) in [7, 11) is 0. The van der Waals surface area contributed by atoms with Crippen LogP contribution in [0.3, 0.4) is 0 Å². The predicted molar refractivity (Wildman–Crippen MR) is 253 cm³/mol. The van der Waals surface area contributed by atoms with Crippen LogP contribution in [0.25, 0.3) is 0 Å². The fourth-order valence-electron chi connectivity index (χ4n) is 6.91. The third-order valence-electron chi connectivity index (χ3n) is 10.6. The van der Waals surface area contributed by atoms with E-state index in [4.69, 9.17) is 0 Å². The van der Waals surface area contributed by atoms with Crippen molar-refractivity contribution in [3.63, 3.8) is 0 Å². The van der Waals surface area contributed by atoms with Crippen LogP contribution in [0.1, 0.15) is 226 Å². The molecule has 0 saturated carbocycles. The number of nitrogens with one attached hydrogen (secondary N) is 1. The molecule has 0 spiro atoms. The number of unbranched alkanes of at least 4 members (excludes halogenated alkanes) is 24. The molecule has 3 N–H and O–H groups in total. The molecule has 0 heterocycles. The van der Waals surface area contributed by atoms with Crippen LogP contribution in [0.4, 0.5) is 0 Å². The zero-order chi connectivity index (χ0) is 41.4. The highest BCUT2D eigenvalue weighted by Gasteiger charge is 2.17. The first-order chi connectivity index (χ1) is 28.2. The van der Waals surface area contributed by atoms with Crippen LogP contribution in [0, 0.1) is 0 Å². The van der Waals surface area contributed by atoms with Gasteiger partial charge >= 0.3 is 0 Å². The maximum Gasteiger partial charge on any atom is 0.220 e. The van der Waals surface area contributed by atoms with Gasteiger partial charge in [-0.05, 0) is 83.5 Å². The Bertz CT molecular complexity index is 1030. The number of aliphatic hydroxyl groups is 2. The van der Waals surface area contributed by atoms with E-state index in [1.807, 2.05) is 6.08 Å². The van der Waals surface area contributed by atoms with E-state index in [1.165, 1.54) is 141 Å². The van der Waals surface area contributed by atoms with Crippen molar-refractivity contribution in [1.82, 2.24) is 5.32 Å². The molecule has 0 radical (unpaired) electrons. The SMILES string of the molecule is CC/C=C\C/C=C\C/C=C\C/C=C\CCCCCCCCCCCCCCCCCCCCC(=O)NC(CO)C(O)/C=C/CC/C=C/CC/C=C/CCCCCC. The van der Waals surface area contributed by atoms with Gasteiger partial charge < -0.3 is 15.5 Å². The zero-order valence-corrected chi connectivity index (χ0v) is 37.6. The quantitative estimate of drug-likeness (QED) is 0.0425. The standard InChI is InChI=1S/C53H93NO3/c1-3-5-7-9-11-13-15-17-19-20-21-22-23-24-25-26-27-28-29-30-31-32-33-34-35-37-39-41-43-45-47-49-53(57)54-51(50-55)52(56)48-46-44-42-40-38-36-18-16-14-12-10-8-6-4-2/h5,7,11,13-14,16-17,19,21-22,38,40,46,48,51-52,55-56H,3-4,6,8-10,12,15,18,20,23-37,39,41-45,47,49-50H2,1-2H3,(H,54,57)/b7-5-,13-11-,16-14+,19-17-,22-21-,40-38+,48-46+. The smallest absolute Gasteiger partial charge is 0.220 e. The first-order valence-corrected chi connectivity index (χ1v) is 24.3. The van der Waals surface area contributed by atoms with E-state index in [-0.39, 0.29) is 12.5 Å². The molecule has 0 saturated heterocycles. The normalized spacial score (nSPS) is 13.7. The summed E-state index contributed by atoms with van der Waals surface area (Å²) in [5, 5.41) is 23.0. The molecule has 0 bridgehead atoms. The van der Waals surface area contributed by atoms with Crippen molar-refractivity contribution >= 4 is 5.91 Å². The Morgan fingerprint density at radius 2 is 0.789 bits per heavy atom. The fraction of sp³-hybridized carbons (Fsp3) is 0.717. The number of carbonyl (C=O) groups is 1. The van der Waals surface area contributed by atoms with Crippen molar-refractivity contribution in [2.24, 2.45) is 0 Å². The largest absolute Gasteiger partial charge is 0.394 e. The van der Waals surface area contributed by atoms with Gasteiger partial charge in [-0.15, -0.1) is 0 Å². The van der Waals surface area contributed by atoms with E-state index >= 15 is 0 Å². The van der Waals surface area contributed by atoms with Gasteiger partial charge in [-0.25, -0.2) is 0 Å². The predicted octanol–water partition coefficient (Wildman–Crippen LogP) is 15.6. The first-order valence-electron chi connectivity index (χ1n) is 24.3. The second-order valence-corrected chi connectivity index (χ2v) is 16.1. The molecule has 0 aliphatic carbocycles. The average Bonchev–Trinajstić information content (AvgIpc) is 3.22. The number of hydrogen-bond donors (Lipinski definition) is 3. The summed E-state index contributed by atoms with van der Waals surface area (Å²) < 4.78 is 0. The van der Waals surface area contributed by atoms with E-state index in [9.17, 15) is 15.0 Å². The molecule has 4 nitrogen and oxygen atoms in total. The lowest BCUT2D eigenvalue weighted by Crippen LogP contribution is -2.45. The maximum absolute atomic E-state index is 12.4. The maximum atomic E-state index is 12.4. The average molecular weight is 792 g/mol. The van der Waals surface area contributed by atoms with Crippen LogP contribution in [-0.2, 0) is 4.79 Å². The van der Waals surface area contributed by atoms with Crippen LogP contribution >= 0.6 is 0 Å². The van der Waals surface area contributed by atoms with Crippen LogP contribution < -0.4 is 5.32 Å². The van der Waals surface area contributed by atoms with Crippen molar-refractivity contribution in [2.75, 3.05) is 6.61 Å². The molecule has 0 rings (SSSR count). The Kier molecular flexibility index (Phi) is 45.9. The third kappa shape index (κ3) is 44.5. The van der Waals surface area contributed by atoms with Gasteiger partial charge in [0, 0.05) is 6.42 Å². The summed E-state index contributed by atoms with van der Waals surface area (Å²) in [4.78, 5) is 12.4. The van der Waals surface area contributed by atoms with E-state index < -0.39 is 12.1 Å². The molecule has 0 aliphatic heterocycles. The first kappa shape index (κ1) is 54.6. The minimum Gasteiger partial charge on any atom is -0.394 e. The van der Waals surface area contributed by atoms with E-state index in [0.29, 0.717) is 6.42 Å². The molecule has 2 atom stereocenters. The molecule has 1 amide bonds. The number of rotatable bonds is 43. The second-order valence-electron chi connectivity index (χ2n) is 16.1. The molecule has 0 aromatic heterocycles. The Morgan fingerprint density at radius 3 is 1.23 bits per heavy atom. The zero-order valence-electron chi connectivity index (χ0n) is 37.6. The number of aliphatic hydroxyl groups excluding tert-OH is 2. The minimum atomic E-state index is -0.872. The summed E-state index contributed by atoms with van der Waals surface area (Å²) >= 11 is 0. The van der Waals surface area contributed by atoms with Crippen LogP contribution in [0.5, 0.6) is 0 Å². The van der Waals surface area contributed by atoms with Gasteiger partial charge in [0.15, 0.2) is 0 Å². The van der Waals surface area contributed by atoms with E-state index in [0.717, 1.165) is 64.2 Å². The molecule has 57 heavy (non-hydrogen) atoms. The molecule has 4 heteroatoms. The van der Waals surface area contributed by atoms with Gasteiger partial charge in [-0.1, -0.05) is 221 Å². The summed E-state index contributed by atoms with van der Waals surface area (Å²) in [5.74, 6) is -0.0800. The van der Waals surface area contributed by atoms with E-state index in [2.05, 4.69) is 92.1 Å². The lowest BCUT2D eigenvalue weighted by molar-refractivity contribution is -0.123. The van der Waals surface area contributed by atoms with Gasteiger partial charge in [0.2, 0.25) is 5.91 Å². The highest BCUT2D eigenvalue weighted by molar-refractivity contribution is 5.76. The van der Waals surface area contributed by atoms with Crippen molar-refractivity contribution < 1.29 is 15.0 Å². The topological polar surface area (TPSA) is 69.6 Å². The highest BCUT2D eigenvalue weighted by Crippen LogP contribution is 2.15. The Morgan fingerprint density at radius 1 is 0.439 bits per heavy atom. The molecular weight excluding hydrogens is 699 g/mol. The Hall–Kier alpha value is -2.43. The minimum absolute atomic E-state index is 0.0800. The van der Waals surface area contributed by atoms with Crippen molar-refractivity contribution in [2.45, 2.75) is 238 Å².